The summed E-state index contributed by atoms with van der Waals surface area (Å²) in [6.45, 7) is 0. The van der Waals surface area contributed by atoms with Crippen LogP contribution in [-0.2, 0) is 0 Å². The van der Waals surface area contributed by atoms with E-state index in [1.807, 2.05) is 60.7 Å². The fraction of sp³-hybridized carbons (Fsp3) is 0. The molecule has 4 rings (SSSR count). The summed E-state index contributed by atoms with van der Waals surface area (Å²) in [6.07, 6.45) is 3.53. The summed E-state index contributed by atoms with van der Waals surface area (Å²) in [5, 5.41) is 2.10. The molecule has 0 amide bonds. The molecule has 0 atom stereocenters. The summed E-state index contributed by atoms with van der Waals surface area (Å²) in [5.41, 5.74) is 1.70. The molecule has 1 radical (unpaired) electrons. The molecule has 0 fully saturated rings. The lowest BCUT2D eigenvalue weighted by Crippen LogP contribution is -2.11. The number of benzene rings is 2. The summed E-state index contributed by atoms with van der Waals surface area (Å²) in [5.74, 6) is 1.48. The van der Waals surface area contributed by atoms with Crippen LogP contribution in [0.4, 0.5) is 0 Å². The topological polar surface area (TPSA) is 44.2 Å². The number of rotatable bonds is 4. The average molecular weight is 315 g/mol. The van der Waals surface area contributed by atoms with Gasteiger partial charge in [0.1, 0.15) is 22.5 Å². The van der Waals surface area contributed by atoms with Gasteiger partial charge in [0.05, 0.1) is 0 Å². The predicted octanol–water partition coefficient (Wildman–Crippen LogP) is 3.78. The predicted molar refractivity (Wildman–Crippen MR) is 90.5 cm³/mol. The molecule has 4 aromatic rings. The lowest BCUT2D eigenvalue weighted by atomic mass is 10.2. The van der Waals surface area contributed by atoms with Crippen molar-refractivity contribution in [3.63, 3.8) is 0 Å². The quantitative estimate of drug-likeness (QED) is 0.538. The summed E-state index contributed by atoms with van der Waals surface area (Å²) >= 11 is -0.704. The van der Waals surface area contributed by atoms with Gasteiger partial charge in [-0.15, -0.1) is 0 Å². The van der Waals surface area contributed by atoms with Crippen molar-refractivity contribution in [1.29, 1.82) is 0 Å². The van der Waals surface area contributed by atoms with Crippen LogP contribution in [0.15, 0.2) is 73.1 Å². The van der Waals surface area contributed by atoms with Crippen LogP contribution in [0.3, 0.4) is 0 Å². The monoisotopic (exact) mass is 315 g/mol. The van der Waals surface area contributed by atoms with E-state index in [0.29, 0.717) is 0 Å². The van der Waals surface area contributed by atoms with Gasteiger partial charge in [-0.1, -0.05) is 36.4 Å². The third-order valence-electron chi connectivity index (χ3n) is 3.54. The normalized spacial score (nSPS) is 10.6. The van der Waals surface area contributed by atoms with E-state index in [1.54, 1.807) is 12.4 Å². The van der Waals surface area contributed by atoms with Crippen molar-refractivity contribution in [1.82, 2.24) is 9.97 Å². The van der Waals surface area contributed by atoms with Crippen LogP contribution in [0.1, 0.15) is 0 Å². The first kappa shape index (κ1) is 14.0. The number of fused-ring (bicyclic) bond motifs is 2. The van der Waals surface area contributed by atoms with Gasteiger partial charge in [-0.3, -0.25) is 9.97 Å². The summed E-state index contributed by atoms with van der Waals surface area (Å²) in [6, 6.07) is 19.6. The molecule has 5 heteroatoms. The molecule has 0 aliphatic heterocycles. The molecule has 4 nitrogen and oxygen atoms in total. The van der Waals surface area contributed by atoms with E-state index < -0.39 is 15.9 Å². The molecule has 0 bridgehead atoms. The first-order chi connectivity index (χ1) is 11.4. The minimum absolute atomic E-state index is 0.704. The molecule has 109 valence electrons. The molecule has 0 aliphatic carbocycles. The van der Waals surface area contributed by atoms with Crippen molar-refractivity contribution in [3.05, 3.63) is 73.1 Å². The Morgan fingerprint density at radius 1 is 0.609 bits per heavy atom. The molecule has 0 N–H and O–H groups in total. The second-order valence-electron chi connectivity index (χ2n) is 4.99. The zero-order valence-electron chi connectivity index (χ0n) is 12.2. The summed E-state index contributed by atoms with van der Waals surface area (Å²) < 4.78 is 11.7. The molecule has 2 aromatic carbocycles. The number of nitrogens with zero attached hydrogens (tertiary/aromatic N) is 2. The van der Waals surface area contributed by atoms with Gasteiger partial charge in [0.25, 0.3) is 0 Å². The van der Waals surface area contributed by atoms with Gasteiger partial charge in [-0.2, -0.15) is 0 Å². The molecule has 0 unspecified atom stereocenters. The molecule has 0 aliphatic rings. The molecule has 23 heavy (non-hydrogen) atoms. The smallest absolute Gasteiger partial charge is 0.614 e. The SMILES string of the molecule is c1cnc2c([O][Al][O]c3cccc4cccnc34)cccc2c1. The van der Waals surface area contributed by atoms with Crippen LogP contribution in [-0.4, -0.2) is 25.9 Å². The fourth-order valence-corrected chi connectivity index (χ4v) is 3.11. The molecule has 0 spiro atoms. The molecular weight excluding hydrogens is 303 g/mol. The molecule has 0 saturated heterocycles. The van der Waals surface area contributed by atoms with Gasteiger partial charge in [-0.25, -0.2) is 0 Å². The van der Waals surface area contributed by atoms with Crippen LogP contribution in [0.25, 0.3) is 21.8 Å². The Kier molecular flexibility index (Phi) is 3.81. The molecule has 2 heterocycles. The van der Waals surface area contributed by atoms with Crippen molar-refractivity contribution < 1.29 is 7.58 Å². The largest absolute Gasteiger partial charge is 0.882 e. The van der Waals surface area contributed by atoms with Gasteiger partial charge in [0.2, 0.25) is 0 Å². The number of aromatic nitrogens is 2. The maximum absolute atomic E-state index is 5.84. The van der Waals surface area contributed by atoms with Crippen LogP contribution < -0.4 is 7.58 Å². The van der Waals surface area contributed by atoms with Gasteiger partial charge < -0.3 is 7.58 Å². The van der Waals surface area contributed by atoms with Crippen molar-refractivity contribution in [3.8, 4) is 11.5 Å². The first-order valence-electron chi connectivity index (χ1n) is 7.24. The first-order valence-corrected chi connectivity index (χ1v) is 8.18. The van der Waals surface area contributed by atoms with E-state index in [4.69, 9.17) is 7.58 Å². The van der Waals surface area contributed by atoms with Crippen molar-refractivity contribution in [2.24, 2.45) is 0 Å². The molecule has 0 saturated carbocycles. The van der Waals surface area contributed by atoms with Crippen molar-refractivity contribution in [2.75, 3.05) is 0 Å². The van der Waals surface area contributed by atoms with Gasteiger partial charge in [-0.05, 0) is 24.3 Å². The van der Waals surface area contributed by atoms with E-state index in [0.717, 1.165) is 33.3 Å². The second-order valence-corrected chi connectivity index (χ2v) is 5.66. The van der Waals surface area contributed by atoms with Crippen molar-refractivity contribution in [2.45, 2.75) is 0 Å². The van der Waals surface area contributed by atoms with Crippen molar-refractivity contribution >= 4 is 37.7 Å². The number of hydrogen-bond acceptors (Lipinski definition) is 4. The zero-order valence-corrected chi connectivity index (χ0v) is 13.4. The fourth-order valence-electron chi connectivity index (χ4n) is 2.47. The Morgan fingerprint density at radius 3 is 1.61 bits per heavy atom. The Bertz CT molecular complexity index is 885. The number of pyridine rings is 2. The van der Waals surface area contributed by atoms with Crippen LogP contribution >= 0.6 is 0 Å². The average Bonchev–Trinajstić information content (AvgIpc) is 2.62. The van der Waals surface area contributed by atoms with E-state index in [2.05, 4.69) is 9.97 Å². The Balaban J connectivity index is 1.55. The van der Waals surface area contributed by atoms with E-state index in [-0.39, 0.29) is 0 Å². The third-order valence-corrected chi connectivity index (χ3v) is 4.24. The van der Waals surface area contributed by atoms with Crippen LogP contribution in [0.5, 0.6) is 11.5 Å². The summed E-state index contributed by atoms with van der Waals surface area (Å²) in [7, 11) is 0. The maximum Gasteiger partial charge on any atom is 0.882 e. The highest BCUT2D eigenvalue weighted by atomic mass is 27.2. The second kappa shape index (κ2) is 6.25. The lowest BCUT2D eigenvalue weighted by Gasteiger charge is -2.11. The number of hydrogen-bond donors (Lipinski definition) is 0. The Hall–Kier alpha value is -2.61. The van der Waals surface area contributed by atoms with Gasteiger partial charge in [0, 0.05) is 23.2 Å². The third kappa shape index (κ3) is 2.85. The standard InChI is InChI=1S/2C9H7NO.Al/c2*11-8-5-1-3-7-4-2-6-10-9(7)8;/h2*1-6,11H;/q;;+2/p-2. The highest BCUT2D eigenvalue weighted by Crippen LogP contribution is 2.25. The minimum Gasteiger partial charge on any atom is -0.614 e. The Labute approximate surface area is 140 Å². The highest BCUT2D eigenvalue weighted by Gasteiger charge is 2.11. The minimum atomic E-state index is -0.704. The summed E-state index contributed by atoms with van der Waals surface area (Å²) in [4.78, 5) is 8.75. The van der Waals surface area contributed by atoms with Gasteiger partial charge in [0.15, 0.2) is 0 Å². The van der Waals surface area contributed by atoms with E-state index in [1.165, 1.54) is 0 Å². The molecule has 2 aromatic heterocycles. The van der Waals surface area contributed by atoms with E-state index in [9.17, 15) is 0 Å². The number of para-hydroxylation sites is 2. The Morgan fingerprint density at radius 2 is 1.09 bits per heavy atom. The lowest BCUT2D eigenvalue weighted by molar-refractivity contribution is 0.463. The molecular formula is C18H12AlN2O2. The van der Waals surface area contributed by atoms with Gasteiger partial charge >= 0.3 is 15.9 Å². The van der Waals surface area contributed by atoms with E-state index >= 15 is 0 Å². The van der Waals surface area contributed by atoms with Crippen LogP contribution in [0, 0.1) is 0 Å². The zero-order chi connectivity index (χ0) is 15.5. The maximum atomic E-state index is 5.84. The van der Waals surface area contributed by atoms with Crippen LogP contribution in [0.2, 0.25) is 0 Å². The highest BCUT2D eigenvalue weighted by molar-refractivity contribution is 6.21.